The summed E-state index contributed by atoms with van der Waals surface area (Å²) in [6, 6.07) is 13.4. The Hall–Kier alpha value is -3.78. The number of ether oxygens (including phenoxy) is 3. The number of nitrogens with zero attached hydrogens (tertiary/aromatic N) is 3. The number of imidazole rings is 1. The van der Waals surface area contributed by atoms with Crippen molar-refractivity contribution in [1.82, 2.24) is 9.55 Å². The molecule has 0 spiro atoms. The third kappa shape index (κ3) is 3.80. The van der Waals surface area contributed by atoms with Gasteiger partial charge in [0, 0.05) is 30.3 Å². The number of fused-ring (bicyclic) bond motifs is 1. The second-order valence-electron chi connectivity index (χ2n) is 7.81. The van der Waals surface area contributed by atoms with E-state index in [1.807, 2.05) is 38.4 Å². The van der Waals surface area contributed by atoms with E-state index in [-0.39, 0.29) is 5.57 Å². The van der Waals surface area contributed by atoms with E-state index in [0.29, 0.717) is 39.2 Å². The van der Waals surface area contributed by atoms with Gasteiger partial charge in [-0.05, 0) is 42.0 Å². The van der Waals surface area contributed by atoms with Gasteiger partial charge in [-0.3, -0.25) is 4.57 Å². The van der Waals surface area contributed by atoms with Gasteiger partial charge in [-0.1, -0.05) is 23.7 Å². The van der Waals surface area contributed by atoms with Gasteiger partial charge < -0.3 is 19.1 Å². The number of anilines is 1. The summed E-state index contributed by atoms with van der Waals surface area (Å²) in [5.74, 6) is -0.0491. The van der Waals surface area contributed by atoms with E-state index in [2.05, 4.69) is 0 Å². The predicted molar refractivity (Wildman–Crippen MR) is 129 cm³/mol. The first-order valence-corrected chi connectivity index (χ1v) is 10.8. The third-order valence-corrected chi connectivity index (χ3v) is 5.91. The SMILES string of the molecule is COC(=O)C1=C(c2ccc(Cl)cc2)c2c(-c3ccc(OC)cc3)nc(N(C)C)n2C1C(=O)OC. The Morgan fingerprint density at radius 2 is 1.56 bits per heavy atom. The summed E-state index contributed by atoms with van der Waals surface area (Å²) in [7, 11) is 7.80. The van der Waals surface area contributed by atoms with E-state index < -0.39 is 18.0 Å². The second kappa shape index (κ2) is 9.23. The lowest BCUT2D eigenvalue weighted by molar-refractivity contribution is -0.146. The molecule has 176 valence electrons. The Kier molecular flexibility index (Phi) is 6.34. The van der Waals surface area contributed by atoms with Crippen LogP contribution < -0.4 is 9.64 Å². The topological polar surface area (TPSA) is 82.9 Å². The van der Waals surface area contributed by atoms with Crippen molar-refractivity contribution in [3.05, 3.63) is 70.4 Å². The molecule has 2 heterocycles. The molecule has 0 fully saturated rings. The van der Waals surface area contributed by atoms with Gasteiger partial charge in [-0.15, -0.1) is 0 Å². The van der Waals surface area contributed by atoms with Crippen molar-refractivity contribution in [1.29, 1.82) is 0 Å². The van der Waals surface area contributed by atoms with Crippen molar-refractivity contribution < 1.29 is 23.8 Å². The number of benzene rings is 2. The van der Waals surface area contributed by atoms with Crippen LogP contribution in [0.25, 0.3) is 16.8 Å². The molecule has 34 heavy (non-hydrogen) atoms. The molecule has 2 aromatic carbocycles. The highest BCUT2D eigenvalue weighted by Gasteiger charge is 2.45. The first-order valence-electron chi connectivity index (χ1n) is 10.4. The largest absolute Gasteiger partial charge is 0.497 e. The lowest BCUT2D eigenvalue weighted by atomic mass is 9.94. The Bertz CT molecular complexity index is 1280. The van der Waals surface area contributed by atoms with Crippen molar-refractivity contribution in [2.45, 2.75) is 6.04 Å². The van der Waals surface area contributed by atoms with Crippen LogP contribution in [0.2, 0.25) is 5.02 Å². The second-order valence-corrected chi connectivity index (χ2v) is 8.25. The molecule has 0 saturated heterocycles. The highest BCUT2D eigenvalue weighted by Crippen LogP contribution is 2.48. The van der Waals surface area contributed by atoms with Crippen LogP contribution in [0.15, 0.2) is 54.1 Å². The van der Waals surface area contributed by atoms with Gasteiger partial charge in [-0.2, -0.15) is 0 Å². The smallest absolute Gasteiger partial charge is 0.337 e. The van der Waals surface area contributed by atoms with Crippen molar-refractivity contribution in [2.75, 3.05) is 40.3 Å². The van der Waals surface area contributed by atoms with E-state index in [1.54, 1.807) is 40.8 Å². The zero-order valence-electron chi connectivity index (χ0n) is 19.5. The summed E-state index contributed by atoms with van der Waals surface area (Å²) < 4.78 is 17.2. The van der Waals surface area contributed by atoms with Gasteiger partial charge in [0.15, 0.2) is 6.04 Å². The first-order chi connectivity index (χ1) is 16.3. The van der Waals surface area contributed by atoms with Gasteiger partial charge in [0.25, 0.3) is 0 Å². The molecular formula is C25H24ClN3O5. The van der Waals surface area contributed by atoms with Gasteiger partial charge in [0.05, 0.1) is 38.3 Å². The first kappa shape index (κ1) is 23.4. The van der Waals surface area contributed by atoms with Gasteiger partial charge >= 0.3 is 11.9 Å². The molecular weight excluding hydrogens is 458 g/mol. The van der Waals surface area contributed by atoms with Crippen LogP contribution in [0.3, 0.4) is 0 Å². The van der Waals surface area contributed by atoms with E-state index in [4.69, 9.17) is 30.8 Å². The summed E-state index contributed by atoms with van der Waals surface area (Å²) in [4.78, 5) is 32.8. The number of methoxy groups -OCH3 is 3. The average Bonchev–Trinajstić information content (AvgIpc) is 3.39. The summed E-state index contributed by atoms with van der Waals surface area (Å²) in [6.07, 6.45) is 0. The highest BCUT2D eigenvalue weighted by molar-refractivity contribution is 6.30. The fourth-order valence-electron chi connectivity index (χ4n) is 4.13. The summed E-state index contributed by atoms with van der Waals surface area (Å²) >= 11 is 6.13. The molecule has 0 radical (unpaired) electrons. The molecule has 1 atom stereocenters. The predicted octanol–water partition coefficient (Wildman–Crippen LogP) is 3.98. The Balaban J connectivity index is 2.11. The average molecular weight is 482 g/mol. The van der Waals surface area contributed by atoms with Crippen LogP contribution in [-0.2, 0) is 19.1 Å². The van der Waals surface area contributed by atoms with Crippen LogP contribution in [0.4, 0.5) is 5.95 Å². The quantitative estimate of drug-likeness (QED) is 0.492. The standard InChI is InChI=1S/C25H24ClN3O5/c1-28(2)25-27-20(15-8-12-17(32-3)13-9-15)21-18(14-6-10-16(26)11-7-14)19(23(30)33-4)22(29(21)25)24(31)34-5/h6-13,22H,1-5H3. The number of hydrogen-bond acceptors (Lipinski definition) is 7. The summed E-state index contributed by atoms with van der Waals surface area (Å²) in [5, 5.41) is 0.546. The summed E-state index contributed by atoms with van der Waals surface area (Å²) in [5.41, 5.74) is 3.39. The number of rotatable bonds is 6. The monoisotopic (exact) mass is 481 g/mol. The lowest BCUT2D eigenvalue weighted by Gasteiger charge is -2.19. The molecule has 0 saturated carbocycles. The van der Waals surface area contributed by atoms with Crippen molar-refractivity contribution in [2.24, 2.45) is 0 Å². The molecule has 1 aromatic heterocycles. The minimum atomic E-state index is -1.07. The molecule has 9 heteroatoms. The molecule has 3 aromatic rings. The van der Waals surface area contributed by atoms with E-state index in [9.17, 15) is 9.59 Å². The van der Waals surface area contributed by atoms with Gasteiger partial charge in [0.1, 0.15) is 5.75 Å². The van der Waals surface area contributed by atoms with Crippen molar-refractivity contribution in [3.63, 3.8) is 0 Å². The number of carbonyl (C=O) groups is 2. The Labute approximate surface area is 202 Å². The normalized spacial score (nSPS) is 14.6. The Morgan fingerprint density at radius 3 is 2.09 bits per heavy atom. The van der Waals surface area contributed by atoms with Gasteiger partial charge in [0.2, 0.25) is 5.95 Å². The molecule has 8 nitrogen and oxygen atoms in total. The van der Waals surface area contributed by atoms with Crippen LogP contribution in [-0.4, -0.2) is 56.9 Å². The van der Waals surface area contributed by atoms with Crippen LogP contribution in [0.5, 0.6) is 5.75 Å². The van der Waals surface area contributed by atoms with Crippen LogP contribution in [0, 0.1) is 0 Å². The minimum Gasteiger partial charge on any atom is -0.497 e. The molecule has 0 N–H and O–H groups in total. The number of halogens is 1. The van der Waals surface area contributed by atoms with Crippen molar-refractivity contribution >= 4 is 35.1 Å². The molecule has 4 rings (SSSR count). The maximum Gasteiger partial charge on any atom is 0.337 e. The Morgan fingerprint density at radius 1 is 0.941 bits per heavy atom. The molecule has 0 bridgehead atoms. The molecule has 1 unspecified atom stereocenters. The molecule has 1 aliphatic heterocycles. The zero-order chi connectivity index (χ0) is 24.6. The van der Waals surface area contributed by atoms with Crippen molar-refractivity contribution in [3.8, 4) is 17.0 Å². The maximum absolute atomic E-state index is 13.1. The van der Waals surface area contributed by atoms with E-state index in [1.165, 1.54) is 14.2 Å². The van der Waals surface area contributed by atoms with E-state index in [0.717, 1.165) is 5.56 Å². The third-order valence-electron chi connectivity index (χ3n) is 5.66. The molecule has 0 aliphatic carbocycles. The van der Waals surface area contributed by atoms with Crippen LogP contribution in [0.1, 0.15) is 17.3 Å². The van der Waals surface area contributed by atoms with Gasteiger partial charge in [-0.25, -0.2) is 14.6 Å². The maximum atomic E-state index is 13.1. The fraction of sp³-hybridized carbons (Fsp3) is 0.240. The molecule has 1 aliphatic rings. The fourth-order valence-corrected chi connectivity index (χ4v) is 4.26. The lowest BCUT2D eigenvalue weighted by Crippen LogP contribution is -2.27. The zero-order valence-corrected chi connectivity index (χ0v) is 20.2. The van der Waals surface area contributed by atoms with E-state index >= 15 is 0 Å². The number of hydrogen-bond donors (Lipinski definition) is 0. The number of carbonyl (C=O) groups excluding carboxylic acids is 2. The highest BCUT2D eigenvalue weighted by atomic mass is 35.5. The number of esters is 2. The van der Waals surface area contributed by atoms with Crippen LogP contribution >= 0.6 is 11.6 Å². The summed E-state index contributed by atoms with van der Waals surface area (Å²) in [6.45, 7) is 0. The number of aromatic nitrogens is 2. The minimum absolute atomic E-state index is 0.173. The molecule has 0 amide bonds.